The number of aliphatic hydroxyl groups excluding tert-OH is 1. The molecule has 2 atom stereocenters. The van der Waals surface area contributed by atoms with Crippen LogP contribution in [0.3, 0.4) is 0 Å². The van der Waals surface area contributed by atoms with Gasteiger partial charge in [-0.25, -0.2) is 4.79 Å². The second-order valence-corrected chi connectivity index (χ2v) is 5.68. The monoisotopic (exact) mass is 359 g/mol. The molecule has 0 aromatic heterocycles. The predicted octanol–water partition coefficient (Wildman–Crippen LogP) is 1.56. The van der Waals surface area contributed by atoms with Crippen LogP contribution in [0.1, 0.15) is 6.42 Å². The van der Waals surface area contributed by atoms with Crippen molar-refractivity contribution in [1.29, 1.82) is 0 Å². The van der Waals surface area contributed by atoms with E-state index in [1.807, 2.05) is 0 Å². The molecule has 1 aromatic rings. The summed E-state index contributed by atoms with van der Waals surface area (Å²) in [5.74, 6) is 0. The zero-order valence-corrected chi connectivity index (χ0v) is 12.5. The molecular formula is C12H14BrN3O5. The number of amides is 1. The molecule has 1 amide bonds. The molecule has 0 spiro atoms. The van der Waals surface area contributed by atoms with Crippen LogP contribution in [-0.4, -0.2) is 46.5 Å². The summed E-state index contributed by atoms with van der Waals surface area (Å²) < 4.78 is 0.675. The van der Waals surface area contributed by atoms with Crippen LogP contribution in [-0.2, 0) is 0 Å². The van der Waals surface area contributed by atoms with E-state index < -0.39 is 11.0 Å². The van der Waals surface area contributed by atoms with Crippen molar-refractivity contribution in [1.82, 2.24) is 5.32 Å². The standard InChI is InChI=1S/C12H14BrN3O5/c13-7-1-2-10(16(20)21)11(3-7)15-5-8(14-12(18)19)4-9(15)6-17/h1-3,8-9,14,17H,4-6H2,(H,18,19). The Morgan fingerprint density at radius 3 is 2.86 bits per heavy atom. The number of hydrogen-bond donors (Lipinski definition) is 3. The molecule has 21 heavy (non-hydrogen) atoms. The second-order valence-electron chi connectivity index (χ2n) is 4.76. The van der Waals surface area contributed by atoms with Gasteiger partial charge < -0.3 is 20.4 Å². The van der Waals surface area contributed by atoms with Gasteiger partial charge >= 0.3 is 6.09 Å². The molecule has 2 unspecified atom stereocenters. The van der Waals surface area contributed by atoms with Crippen LogP contribution in [0, 0.1) is 10.1 Å². The molecule has 1 heterocycles. The normalized spacial score (nSPS) is 21.3. The molecule has 9 heteroatoms. The lowest BCUT2D eigenvalue weighted by molar-refractivity contribution is -0.384. The van der Waals surface area contributed by atoms with Crippen LogP contribution in [0.2, 0.25) is 0 Å². The molecule has 3 N–H and O–H groups in total. The number of anilines is 1. The fourth-order valence-corrected chi connectivity index (χ4v) is 2.89. The number of hydrogen-bond acceptors (Lipinski definition) is 5. The lowest BCUT2D eigenvalue weighted by Gasteiger charge is -2.24. The molecule has 1 aliphatic heterocycles. The maximum absolute atomic E-state index is 11.1. The Bertz CT molecular complexity index is 568. The minimum atomic E-state index is -1.15. The highest BCUT2D eigenvalue weighted by molar-refractivity contribution is 9.10. The molecule has 114 valence electrons. The third-order valence-electron chi connectivity index (χ3n) is 3.40. The van der Waals surface area contributed by atoms with Crippen LogP contribution < -0.4 is 10.2 Å². The van der Waals surface area contributed by atoms with Gasteiger partial charge in [0.25, 0.3) is 5.69 Å². The van der Waals surface area contributed by atoms with Gasteiger partial charge in [0, 0.05) is 17.1 Å². The number of nitrogens with zero attached hydrogens (tertiary/aromatic N) is 2. The zero-order chi connectivity index (χ0) is 15.6. The van der Waals surface area contributed by atoms with Crippen LogP contribution >= 0.6 is 15.9 Å². The average Bonchev–Trinajstić information content (AvgIpc) is 2.80. The van der Waals surface area contributed by atoms with Crippen LogP contribution in [0.5, 0.6) is 0 Å². The Kier molecular flexibility index (Phi) is 4.63. The highest BCUT2D eigenvalue weighted by atomic mass is 79.9. The quantitative estimate of drug-likeness (QED) is 0.554. The van der Waals surface area contributed by atoms with Gasteiger partial charge in [-0.1, -0.05) is 15.9 Å². The Labute approximate surface area is 128 Å². The van der Waals surface area contributed by atoms with Gasteiger partial charge in [-0.3, -0.25) is 10.1 Å². The number of rotatable bonds is 4. The highest BCUT2D eigenvalue weighted by Gasteiger charge is 2.35. The highest BCUT2D eigenvalue weighted by Crippen LogP contribution is 2.35. The third-order valence-corrected chi connectivity index (χ3v) is 3.89. The zero-order valence-electron chi connectivity index (χ0n) is 10.9. The fraction of sp³-hybridized carbons (Fsp3) is 0.417. The second kappa shape index (κ2) is 6.27. The summed E-state index contributed by atoms with van der Waals surface area (Å²) in [4.78, 5) is 23.0. The van der Waals surface area contributed by atoms with Crippen molar-refractivity contribution in [2.75, 3.05) is 18.1 Å². The van der Waals surface area contributed by atoms with Gasteiger partial charge in [-0.2, -0.15) is 0 Å². The first-order valence-electron chi connectivity index (χ1n) is 6.23. The lowest BCUT2D eigenvalue weighted by Crippen LogP contribution is -2.36. The lowest BCUT2D eigenvalue weighted by atomic mass is 10.2. The molecule has 2 rings (SSSR count). The van der Waals surface area contributed by atoms with Gasteiger partial charge in [0.1, 0.15) is 5.69 Å². The summed E-state index contributed by atoms with van der Waals surface area (Å²) in [6, 6.07) is 3.81. The first-order valence-corrected chi connectivity index (χ1v) is 7.02. The number of carbonyl (C=O) groups is 1. The molecular weight excluding hydrogens is 346 g/mol. The van der Waals surface area contributed by atoms with Gasteiger partial charge in [0.2, 0.25) is 0 Å². The SMILES string of the molecule is O=C(O)NC1CC(CO)N(c2cc(Br)ccc2[N+](=O)[O-])C1. The number of halogens is 1. The average molecular weight is 360 g/mol. The summed E-state index contributed by atoms with van der Waals surface area (Å²) in [6.07, 6.45) is -0.755. The number of benzene rings is 1. The Morgan fingerprint density at radius 1 is 1.57 bits per heavy atom. The van der Waals surface area contributed by atoms with Crippen LogP contribution in [0.15, 0.2) is 22.7 Å². The predicted molar refractivity (Wildman–Crippen MR) is 78.6 cm³/mol. The Balaban J connectivity index is 2.33. The van der Waals surface area contributed by atoms with Crippen molar-refractivity contribution in [2.45, 2.75) is 18.5 Å². The van der Waals surface area contributed by atoms with E-state index in [2.05, 4.69) is 21.2 Å². The molecule has 0 aliphatic carbocycles. The van der Waals surface area contributed by atoms with Gasteiger partial charge in [-0.15, -0.1) is 0 Å². The van der Waals surface area contributed by atoms with E-state index in [1.165, 1.54) is 6.07 Å². The molecule has 8 nitrogen and oxygen atoms in total. The van der Waals surface area contributed by atoms with Crippen molar-refractivity contribution in [3.8, 4) is 0 Å². The Morgan fingerprint density at radius 2 is 2.29 bits per heavy atom. The number of nitrogens with one attached hydrogen (secondary N) is 1. The van der Waals surface area contributed by atoms with Crippen molar-refractivity contribution in [3.63, 3.8) is 0 Å². The number of aliphatic hydroxyl groups is 1. The van der Waals surface area contributed by atoms with Crippen LogP contribution in [0.4, 0.5) is 16.2 Å². The molecule has 1 aliphatic rings. The minimum absolute atomic E-state index is 0.0763. The maximum Gasteiger partial charge on any atom is 0.404 e. The van der Waals surface area contributed by atoms with Crippen molar-refractivity contribution < 1.29 is 19.9 Å². The summed E-state index contributed by atoms with van der Waals surface area (Å²) in [5.41, 5.74) is 0.288. The maximum atomic E-state index is 11.1. The van der Waals surface area contributed by atoms with E-state index in [9.17, 15) is 20.0 Å². The van der Waals surface area contributed by atoms with Gasteiger partial charge in [0.15, 0.2) is 0 Å². The van der Waals surface area contributed by atoms with E-state index in [4.69, 9.17) is 5.11 Å². The molecule has 0 bridgehead atoms. The number of nitro benzene ring substituents is 1. The van der Waals surface area contributed by atoms with Crippen molar-refractivity contribution >= 4 is 33.4 Å². The number of carboxylic acid groups (broad SMARTS) is 1. The van der Waals surface area contributed by atoms with Gasteiger partial charge in [-0.05, 0) is 18.6 Å². The summed E-state index contributed by atoms with van der Waals surface area (Å²) in [7, 11) is 0. The Hall–Kier alpha value is -1.87. The van der Waals surface area contributed by atoms with Gasteiger partial charge in [0.05, 0.1) is 23.6 Å². The van der Waals surface area contributed by atoms with E-state index in [0.29, 0.717) is 16.6 Å². The van der Waals surface area contributed by atoms with Crippen LogP contribution in [0.25, 0.3) is 0 Å². The van der Waals surface area contributed by atoms with E-state index in [0.717, 1.165) is 0 Å². The number of nitro groups is 1. The summed E-state index contributed by atoms with van der Waals surface area (Å²) in [5, 5.41) is 31.7. The molecule has 1 fully saturated rings. The van der Waals surface area contributed by atoms with Crippen molar-refractivity contribution in [3.05, 3.63) is 32.8 Å². The topological polar surface area (TPSA) is 116 Å². The molecule has 0 saturated carbocycles. The van der Waals surface area contributed by atoms with E-state index in [1.54, 1.807) is 17.0 Å². The fourth-order valence-electron chi connectivity index (χ4n) is 2.55. The molecule has 1 aromatic carbocycles. The third kappa shape index (κ3) is 3.42. The van der Waals surface area contributed by atoms with Crippen molar-refractivity contribution in [2.24, 2.45) is 0 Å². The minimum Gasteiger partial charge on any atom is -0.465 e. The van der Waals surface area contributed by atoms with E-state index >= 15 is 0 Å². The first-order chi connectivity index (χ1) is 9.92. The largest absolute Gasteiger partial charge is 0.465 e. The van der Waals surface area contributed by atoms with E-state index in [-0.39, 0.29) is 30.9 Å². The summed E-state index contributed by atoms with van der Waals surface area (Å²) in [6.45, 7) is 0.0658. The molecule has 0 radical (unpaired) electrons. The smallest absolute Gasteiger partial charge is 0.404 e. The molecule has 1 saturated heterocycles. The first kappa shape index (κ1) is 15.5. The summed E-state index contributed by atoms with van der Waals surface area (Å²) >= 11 is 3.27.